The van der Waals surface area contributed by atoms with Gasteiger partial charge in [0.1, 0.15) is 24.2 Å². The number of allylic oxidation sites excluding steroid dienone is 2. The Morgan fingerprint density at radius 2 is 1.27 bits per heavy atom. The van der Waals surface area contributed by atoms with Gasteiger partial charge in [-0.05, 0) is 25.0 Å². The van der Waals surface area contributed by atoms with Crippen molar-refractivity contribution >= 4 is 35.4 Å². The monoisotopic (exact) mass is 564 g/mol. The Morgan fingerprint density at radius 3 is 1.80 bits per heavy atom. The van der Waals surface area contributed by atoms with Crippen molar-refractivity contribution in [2.24, 2.45) is 0 Å². The molecule has 3 rings (SSSR count). The molecule has 14 heteroatoms. The first kappa shape index (κ1) is 30.1. The second-order valence-electron chi connectivity index (χ2n) is 9.08. The zero-order valence-electron chi connectivity index (χ0n) is 22.5. The summed E-state index contributed by atoms with van der Waals surface area (Å²) >= 11 is 0. The largest absolute Gasteiger partial charge is 0.507 e. The number of ether oxygens (including phenoxy) is 6. The molecule has 1 aliphatic heterocycles. The number of aromatic hydroxyl groups is 2. The molecule has 2 N–H and O–H groups in total. The van der Waals surface area contributed by atoms with Crippen LogP contribution >= 0.6 is 0 Å². The van der Waals surface area contributed by atoms with E-state index in [0.717, 1.165) is 33.8 Å². The lowest BCUT2D eigenvalue weighted by atomic mass is 9.87. The van der Waals surface area contributed by atoms with Crippen molar-refractivity contribution in [3.8, 4) is 11.5 Å². The van der Waals surface area contributed by atoms with E-state index in [9.17, 15) is 39.0 Å². The average molecular weight is 564 g/mol. The van der Waals surface area contributed by atoms with E-state index in [1.54, 1.807) is 0 Å². The number of fused-ring (bicyclic) bond motifs is 1. The van der Waals surface area contributed by atoms with Crippen molar-refractivity contribution in [1.82, 2.24) is 0 Å². The van der Waals surface area contributed by atoms with Crippen molar-refractivity contribution in [1.29, 1.82) is 0 Å². The minimum atomic E-state index is -1.78. The molecule has 1 fully saturated rings. The number of carbonyl (C=O) groups excluding carboxylic acids is 6. The maximum atomic E-state index is 13.4. The minimum Gasteiger partial charge on any atom is -0.507 e. The zero-order valence-corrected chi connectivity index (χ0v) is 22.5. The number of phenols is 2. The number of carbonyl (C=O) groups is 6. The van der Waals surface area contributed by atoms with Crippen molar-refractivity contribution in [2.75, 3.05) is 6.61 Å². The molecule has 0 aromatic heterocycles. The smallest absolute Gasteiger partial charge is 0.303 e. The van der Waals surface area contributed by atoms with Gasteiger partial charge in [-0.3, -0.25) is 28.8 Å². The van der Waals surface area contributed by atoms with E-state index in [4.69, 9.17) is 28.4 Å². The molecule has 1 aromatic rings. The highest BCUT2D eigenvalue weighted by atomic mass is 16.7. The molecule has 0 bridgehead atoms. The summed E-state index contributed by atoms with van der Waals surface area (Å²) in [7, 11) is 0. The van der Waals surface area contributed by atoms with Gasteiger partial charge < -0.3 is 38.6 Å². The molecule has 216 valence electrons. The lowest BCUT2D eigenvalue weighted by molar-refractivity contribution is -0.298. The number of hydrogen-bond acceptors (Lipinski definition) is 14. The van der Waals surface area contributed by atoms with Gasteiger partial charge in [0.15, 0.2) is 23.8 Å². The normalized spacial score (nSPS) is 23.9. The van der Waals surface area contributed by atoms with Crippen LogP contribution in [0.4, 0.5) is 0 Å². The Bertz CT molecular complexity index is 1310. The summed E-state index contributed by atoms with van der Waals surface area (Å²) in [6.45, 7) is 6.55. The lowest BCUT2D eigenvalue weighted by Crippen LogP contribution is -2.63. The van der Waals surface area contributed by atoms with Crippen LogP contribution in [0.25, 0.3) is 0 Å². The van der Waals surface area contributed by atoms with Crippen LogP contribution in [0.5, 0.6) is 11.5 Å². The van der Waals surface area contributed by atoms with Gasteiger partial charge in [0, 0.05) is 33.8 Å². The summed E-state index contributed by atoms with van der Waals surface area (Å²) in [6.07, 6.45) is -7.10. The van der Waals surface area contributed by atoms with Gasteiger partial charge in [-0.1, -0.05) is 0 Å². The number of benzene rings is 1. The molecule has 0 saturated carbocycles. The van der Waals surface area contributed by atoms with Gasteiger partial charge in [-0.2, -0.15) is 0 Å². The number of hydrogen-bond donors (Lipinski definition) is 2. The minimum absolute atomic E-state index is 0.144. The van der Waals surface area contributed by atoms with Crippen molar-refractivity contribution < 1.29 is 67.4 Å². The second kappa shape index (κ2) is 11.7. The van der Waals surface area contributed by atoms with Crippen LogP contribution in [-0.4, -0.2) is 83.0 Å². The van der Waals surface area contributed by atoms with Gasteiger partial charge in [0.2, 0.25) is 18.2 Å². The van der Waals surface area contributed by atoms with Crippen LogP contribution in [0.1, 0.15) is 59.5 Å². The van der Waals surface area contributed by atoms with Crippen LogP contribution in [0.15, 0.2) is 11.8 Å². The van der Waals surface area contributed by atoms with Gasteiger partial charge >= 0.3 is 23.9 Å². The summed E-state index contributed by atoms with van der Waals surface area (Å²) in [5, 5.41) is 21.1. The molecule has 40 heavy (non-hydrogen) atoms. The molecule has 14 nitrogen and oxygen atoms in total. The van der Waals surface area contributed by atoms with Gasteiger partial charge in [-0.25, -0.2) is 0 Å². The third-order valence-electron chi connectivity index (χ3n) is 6.15. The van der Waals surface area contributed by atoms with E-state index in [2.05, 4.69) is 0 Å². The van der Waals surface area contributed by atoms with E-state index in [1.807, 2.05) is 0 Å². The number of esters is 4. The second-order valence-corrected chi connectivity index (χ2v) is 9.08. The fourth-order valence-electron chi connectivity index (χ4n) is 4.30. The van der Waals surface area contributed by atoms with Gasteiger partial charge in [-0.15, -0.1) is 0 Å². The van der Waals surface area contributed by atoms with Crippen molar-refractivity contribution in [2.45, 2.75) is 72.2 Å². The molecule has 5 atom stereocenters. The Kier molecular flexibility index (Phi) is 8.83. The van der Waals surface area contributed by atoms with E-state index in [-0.39, 0.29) is 11.1 Å². The summed E-state index contributed by atoms with van der Waals surface area (Å²) in [5.41, 5.74) is -0.617. The van der Waals surface area contributed by atoms with E-state index in [0.29, 0.717) is 0 Å². The lowest BCUT2D eigenvalue weighted by Gasteiger charge is -2.44. The van der Waals surface area contributed by atoms with Crippen LogP contribution in [0, 0.1) is 13.8 Å². The Balaban J connectivity index is 2.08. The number of phenolic OH excluding ortho intramolecular Hbond substituents is 2. The molecule has 1 aromatic carbocycles. The van der Waals surface area contributed by atoms with E-state index < -0.39 is 101 Å². The first-order valence-electron chi connectivity index (χ1n) is 12.0. The molecular formula is C26H28O14. The summed E-state index contributed by atoms with van der Waals surface area (Å²) in [5.74, 6) is -6.98. The third kappa shape index (κ3) is 6.06. The molecule has 1 heterocycles. The molecule has 2 aliphatic rings. The summed E-state index contributed by atoms with van der Waals surface area (Å²) < 4.78 is 32.3. The van der Waals surface area contributed by atoms with Gasteiger partial charge in [0.05, 0.1) is 11.1 Å². The SMILES string of the molecule is CC(=O)OC[C@H]1O[C@@H](OC2=CC(=O)c3c(O)c(C)c(C)c(O)c3C2=O)[C@H](OC(C)=O)[C@@H](OC(C)=O)[C@@H]1OC(C)=O. The molecule has 0 unspecified atom stereocenters. The predicted octanol–water partition coefficient (Wildman–Crippen LogP) is 1.08. The summed E-state index contributed by atoms with van der Waals surface area (Å²) in [6, 6.07) is 0. The maximum Gasteiger partial charge on any atom is 0.303 e. The molecule has 1 saturated heterocycles. The summed E-state index contributed by atoms with van der Waals surface area (Å²) in [4.78, 5) is 73.6. The number of Topliss-reactive ketones (excluding diaryl/α,β-unsaturated/α-hetero) is 1. The Morgan fingerprint density at radius 1 is 0.775 bits per heavy atom. The first-order valence-corrected chi connectivity index (χ1v) is 12.0. The van der Waals surface area contributed by atoms with Crippen molar-refractivity contribution in [3.05, 3.63) is 34.1 Å². The Labute approximate surface area is 227 Å². The number of ketones is 2. The quantitative estimate of drug-likeness (QED) is 0.271. The molecule has 0 spiro atoms. The van der Waals surface area contributed by atoms with E-state index >= 15 is 0 Å². The molecule has 0 amide bonds. The standard InChI is InChI=1S/C26H28O14/c1-9-10(2)21(33)19-18(20(9)32)15(31)7-16(22(19)34)39-26-25(38-14(6)30)24(37-13(5)29)23(36-12(4)28)17(40-26)8-35-11(3)27/h7,17,23-26,32-33H,8H2,1-6H3/t17-,23-,24+,25-,26-/m1/s1. The molecular weight excluding hydrogens is 536 g/mol. The van der Waals surface area contributed by atoms with Crippen LogP contribution in [-0.2, 0) is 47.6 Å². The van der Waals surface area contributed by atoms with E-state index in [1.165, 1.54) is 13.8 Å². The van der Waals surface area contributed by atoms with Crippen molar-refractivity contribution in [3.63, 3.8) is 0 Å². The number of rotatable bonds is 7. The third-order valence-corrected chi connectivity index (χ3v) is 6.15. The highest BCUT2D eigenvalue weighted by Crippen LogP contribution is 2.41. The predicted molar refractivity (Wildman–Crippen MR) is 129 cm³/mol. The van der Waals surface area contributed by atoms with Crippen LogP contribution in [0.3, 0.4) is 0 Å². The molecule has 1 aliphatic carbocycles. The van der Waals surface area contributed by atoms with Crippen LogP contribution in [0.2, 0.25) is 0 Å². The van der Waals surface area contributed by atoms with Gasteiger partial charge in [0.25, 0.3) is 0 Å². The fourth-order valence-corrected chi connectivity index (χ4v) is 4.30. The maximum absolute atomic E-state index is 13.4. The fraction of sp³-hybridized carbons (Fsp3) is 0.462. The Hall–Kier alpha value is -4.46. The highest BCUT2D eigenvalue weighted by molar-refractivity contribution is 6.26. The molecule has 0 radical (unpaired) electrons. The first-order chi connectivity index (χ1) is 18.6. The average Bonchev–Trinajstić information content (AvgIpc) is 2.84. The van der Waals surface area contributed by atoms with Crippen LogP contribution < -0.4 is 0 Å². The highest BCUT2D eigenvalue weighted by Gasteiger charge is 2.54. The topological polar surface area (TPSA) is 198 Å². The zero-order chi connectivity index (χ0) is 30.0.